The average molecular weight is 189 g/mol. The minimum absolute atomic E-state index is 1.23. The number of aliphatic carboxylic acids is 2. The molecule has 0 aromatic rings. The standard InChI is InChI=1S/C2H4F3N.C2H2O4/c3-2(4,5)1-6;3-1(4)2(5)6/h1,6H2;(H,3,4)(H,5,6). The molecule has 0 aliphatic rings. The molecule has 8 heteroatoms. The van der Waals surface area contributed by atoms with Gasteiger partial charge in [-0.3, -0.25) is 0 Å². The SMILES string of the molecule is NCC(F)(F)F.O=C(O)C(=O)O. The second kappa shape index (κ2) is 5.35. The molecule has 0 amide bonds. The molecular weight excluding hydrogens is 183 g/mol. The van der Waals surface area contributed by atoms with Crippen molar-refractivity contribution in [2.75, 3.05) is 6.54 Å². The van der Waals surface area contributed by atoms with Crippen LogP contribution in [0.1, 0.15) is 0 Å². The van der Waals surface area contributed by atoms with E-state index < -0.39 is 24.7 Å². The maximum Gasteiger partial charge on any atom is 0.414 e. The highest BCUT2D eigenvalue weighted by Crippen LogP contribution is 2.10. The molecule has 72 valence electrons. The van der Waals surface area contributed by atoms with Gasteiger partial charge in [-0.2, -0.15) is 13.2 Å². The van der Waals surface area contributed by atoms with Crippen molar-refractivity contribution in [3.05, 3.63) is 0 Å². The first-order valence-corrected chi connectivity index (χ1v) is 2.43. The van der Waals surface area contributed by atoms with Crippen molar-refractivity contribution in [2.24, 2.45) is 5.73 Å². The molecule has 0 unspecified atom stereocenters. The van der Waals surface area contributed by atoms with E-state index in [4.69, 9.17) is 19.8 Å². The van der Waals surface area contributed by atoms with Crippen molar-refractivity contribution in [2.45, 2.75) is 6.18 Å². The Hall–Kier alpha value is -1.31. The van der Waals surface area contributed by atoms with Gasteiger partial charge in [-0.05, 0) is 0 Å². The molecule has 0 saturated heterocycles. The normalized spacial score (nSPS) is 9.67. The molecule has 4 N–H and O–H groups in total. The highest BCUT2D eigenvalue weighted by molar-refractivity contribution is 6.27. The summed E-state index contributed by atoms with van der Waals surface area (Å²) >= 11 is 0. The van der Waals surface area contributed by atoms with Crippen molar-refractivity contribution in [3.8, 4) is 0 Å². The molecule has 0 aliphatic carbocycles. The van der Waals surface area contributed by atoms with E-state index >= 15 is 0 Å². The quantitative estimate of drug-likeness (QED) is 0.452. The van der Waals surface area contributed by atoms with Gasteiger partial charge in [0.2, 0.25) is 0 Å². The Labute approximate surface area is 64.6 Å². The van der Waals surface area contributed by atoms with Gasteiger partial charge in [-0.1, -0.05) is 0 Å². The summed E-state index contributed by atoms with van der Waals surface area (Å²) < 4.78 is 32.0. The fourth-order valence-electron chi connectivity index (χ4n) is 0. The summed E-state index contributed by atoms with van der Waals surface area (Å²) in [4.78, 5) is 18.2. The lowest BCUT2D eigenvalue weighted by molar-refractivity contribution is -0.159. The molecule has 0 aromatic heterocycles. The van der Waals surface area contributed by atoms with Gasteiger partial charge in [0.1, 0.15) is 0 Å². The zero-order valence-electron chi connectivity index (χ0n) is 5.63. The number of hydrogen-bond donors (Lipinski definition) is 3. The summed E-state index contributed by atoms with van der Waals surface area (Å²) in [6, 6.07) is 0. The van der Waals surface area contributed by atoms with Crippen LogP contribution in [0.5, 0.6) is 0 Å². The van der Waals surface area contributed by atoms with E-state index in [0.29, 0.717) is 0 Å². The molecule has 0 saturated carbocycles. The van der Waals surface area contributed by atoms with Crippen molar-refractivity contribution < 1.29 is 33.0 Å². The van der Waals surface area contributed by atoms with E-state index in [1.165, 1.54) is 0 Å². The number of carboxylic acids is 2. The Morgan fingerprint density at radius 3 is 1.33 bits per heavy atom. The molecule has 12 heavy (non-hydrogen) atoms. The Morgan fingerprint density at radius 1 is 1.17 bits per heavy atom. The van der Waals surface area contributed by atoms with E-state index in [0.717, 1.165) is 0 Å². The summed E-state index contributed by atoms with van der Waals surface area (Å²) in [6.45, 7) is -1.23. The summed E-state index contributed by atoms with van der Waals surface area (Å²) in [5, 5.41) is 14.8. The van der Waals surface area contributed by atoms with Gasteiger partial charge in [-0.15, -0.1) is 0 Å². The molecule has 0 bridgehead atoms. The lowest BCUT2D eigenvalue weighted by atomic mass is 10.7. The van der Waals surface area contributed by atoms with Gasteiger partial charge >= 0.3 is 18.1 Å². The summed E-state index contributed by atoms with van der Waals surface area (Å²) in [7, 11) is 0. The molecule has 0 aliphatic heterocycles. The van der Waals surface area contributed by atoms with Crippen LogP contribution in [0.25, 0.3) is 0 Å². The van der Waals surface area contributed by atoms with E-state index in [9.17, 15) is 13.2 Å². The number of halogens is 3. The van der Waals surface area contributed by atoms with Crippen LogP contribution in [0.2, 0.25) is 0 Å². The van der Waals surface area contributed by atoms with E-state index in [2.05, 4.69) is 5.73 Å². The van der Waals surface area contributed by atoms with Gasteiger partial charge in [0.25, 0.3) is 0 Å². The van der Waals surface area contributed by atoms with Crippen LogP contribution in [-0.4, -0.2) is 34.9 Å². The third-order valence-corrected chi connectivity index (χ3v) is 0.414. The maximum atomic E-state index is 10.7. The molecule has 5 nitrogen and oxygen atoms in total. The molecule has 0 aromatic carbocycles. The topological polar surface area (TPSA) is 101 Å². The van der Waals surface area contributed by atoms with Crippen molar-refractivity contribution in [1.82, 2.24) is 0 Å². The summed E-state index contributed by atoms with van der Waals surface area (Å²) in [5.41, 5.74) is 4.18. The van der Waals surface area contributed by atoms with Crippen LogP contribution < -0.4 is 5.73 Å². The maximum absolute atomic E-state index is 10.7. The van der Waals surface area contributed by atoms with Crippen molar-refractivity contribution in [1.29, 1.82) is 0 Å². The fraction of sp³-hybridized carbons (Fsp3) is 0.500. The smallest absolute Gasteiger partial charge is 0.414 e. The highest BCUT2D eigenvalue weighted by atomic mass is 19.4. The van der Waals surface area contributed by atoms with E-state index in [-0.39, 0.29) is 0 Å². The van der Waals surface area contributed by atoms with E-state index in [1.807, 2.05) is 0 Å². The zero-order valence-corrected chi connectivity index (χ0v) is 5.63. The second-order valence-corrected chi connectivity index (χ2v) is 1.43. The van der Waals surface area contributed by atoms with Gasteiger partial charge in [0.05, 0.1) is 6.54 Å². The van der Waals surface area contributed by atoms with Gasteiger partial charge in [-0.25, -0.2) is 9.59 Å². The first-order chi connectivity index (χ1) is 5.20. The third-order valence-electron chi connectivity index (χ3n) is 0.414. The average Bonchev–Trinajstić information content (AvgIpc) is 1.87. The van der Waals surface area contributed by atoms with Crippen LogP contribution in [0.15, 0.2) is 0 Å². The molecule has 0 spiro atoms. The number of carbonyl (C=O) groups is 2. The molecule has 0 radical (unpaired) electrons. The molecule has 0 heterocycles. The predicted molar refractivity (Wildman–Crippen MR) is 30.4 cm³/mol. The minimum atomic E-state index is -4.18. The summed E-state index contributed by atoms with van der Waals surface area (Å²) in [5.74, 6) is -3.65. The molecule has 0 rings (SSSR count). The van der Waals surface area contributed by atoms with Gasteiger partial charge in [0.15, 0.2) is 0 Å². The van der Waals surface area contributed by atoms with Crippen LogP contribution >= 0.6 is 0 Å². The molecule has 0 atom stereocenters. The third kappa shape index (κ3) is 15.9. The van der Waals surface area contributed by atoms with Gasteiger partial charge in [0, 0.05) is 0 Å². The lowest BCUT2D eigenvalue weighted by Gasteiger charge is -1.96. The van der Waals surface area contributed by atoms with Crippen LogP contribution in [-0.2, 0) is 9.59 Å². The van der Waals surface area contributed by atoms with E-state index in [1.54, 1.807) is 0 Å². The first-order valence-electron chi connectivity index (χ1n) is 2.43. The Morgan fingerprint density at radius 2 is 1.33 bits per heavy atom. The monoisotopic (exact) mass is 189 g/mol. The Balaban J connectivity index is 0. The highest BCUT2D eigenvalue weighted by Gasteiger charge is 2.23. The van der Waals surface area contributed by atoms with Gasteiger partial charge < -0.3 is 15.9 Å². The Bertz CT molecular complexity index is 154. The first kappa shape index (κ1) is 13.3. The molecule has 0 fully saturated rings. The Kier molecular flexibility index (Phi) is 5.93. The fourth-order valence-corrected chi connectivity index (χ4v) is 0. The largest absolute Gasteiger partial charge is 0.473 e. The number of carboxylic acid groups (broad SMARTS) is 2. The summed E-state index contributed by atoms with van der Waals surface area (Å²) in [6.07, 6.45) is -4.18. The number of hydrogen-bond acceptors (Lipinski definition) is 3. The van der Waals surface area contributed by atoms with Crippen LogP contribution in [0, 0.1) is 0 Å². The molecular formula is C4H6F3NO4. The number of rotatable bonds is 0. The number of nitrogens with two attached hydrogens (primary N) is 1. The number of alkyl halides is 3. The van der Waals surface area contributed by atoms with Crippen LogP contribution in [0.3, 0.4) is 0 Å². The second-order valence-electron chi connectivity index (χ2n) is 1.43. The van der Waals surface area contributed by atoms with Crippen LogP contribution in [0.4, 0.5) is 13.2 Å². The zero-order chi connectivity index (χ0) is 10.4. The predicted octanol–water partition coefficient (Wildman–Crippen LogP) is -0.337. The van der Waals surface area contributed by atoms with Crippen molar-refractivity contribution >= 4 is 11.9 Å². The van der Waals surface area contributed by atoms with Crippen molar-refractivity contribution in [3.63, 3.8) is 0 Å². The minimum Gasteiger partial charge on any atom is -0.473 e. The lowest BCUT2D eigenvalue weighted by Crippen LogP contribution is -2.21.